The fourth-order valence-corrected chi connectivity index (χ4v) is 3.01. The molecule has 21 heavy (non-hydrogen) atoms. The minimum Gasteiger partial charge on any atom is -0.409 e. The van der Waals surface area contributed by atoms with Crippen LogP contribution in [-0.2, 0) is 11.2 Å². The predicted molar refractivity (Wildman–Crippen MR) is 83.4 cm³/mol. The Bertz CT molecular complexity index is 517. The number of hydrogen-bond donors (Lipinski definition) is 3. The number of nitrogens with two attached hydrogens (primary N) is 1. The normalized spacial score (nSPS) is 17.7. The Morgan fingerprint density at radius 2 is 1.95 bits per heavy atom. The SMILES string of the molecule is CCC1(C(=O)Nc2ccc(C/C(N)=N/O)cc2)CCCC1. The summed E-state index contributed by atoms with van der Waals surface area (Å²) in [7, 11) is 0. The maximum absolute atomic E-state index is 12.5. The van der Waals surface area contributed by atoms with E-state index in [9.17, 15) is 4.79 Å². The number of carbonyl (C=O) groups is 1. The summed E-state index contributed by atoms with van der Waals surface area (Å²) in [5.74, 6) is 0.300. The van der Waals surface area contributed by atoms with Crippen molar-refractivity contribution in [2.24, 2.45) is 16.3 Å². The first-order valence-electron chi connectivity index (χ1n) is 7.46. The Kier molecular flexibility index (Phi) is 4.83. The highest BCUT2D eigenvalue weighted by atomic mass is 16.4. The molecule has 0 unspecified atom stereocenters. The molecule has 1 fully saturated rings. The number of rotatable bonds is 5. The number of hydrogen-bond acceptors (Lipinski definition) is 3. The summed E-state index contributed by atoms with van der Waals surface area (Å²) in [4.78, 5) is 12.5. The third-order valence-corrected chi connectivity index (χ3v) is 4.44. The molecule has 0 aliphatic heterocycles. The number of amidine groups is 1. The molecule has 5 nitrogen and oxygen atoms in total. The molecule has 0 heterocycles. The fourth-order valence-electron chi connectivity index (χ4n) is 3.01. The maximum atomic E-state index is 12.5. The first kappa shape index (κ1) is 15.4. The van der Waals surface area contributed by atoms with Gasteiger partial charge in [-0.15, -0.1) is 0 Å². The number of benzene rings is 1. The summed E-state index contributed by atoms with van der Waals surface area (Å²) < 4.78 is 0. The van der Waals surface area contributed by atoms with Gasteiger partial charge in [0.15, 0.2) is 0 Å². The van der Waals surface area contributed by atoms with Crippen molar-refractivity contribution in [2.45, 2.75) is 45.4 Å². The molecule has 1 aliphatic carbocycles. The van der Waals surface area contributed by atoms with Gasteiger partial charge < -0.3 is 16.3 Å². The number of carbonyl (C=O) groups excluding carboxylic acids is 1. The molecule has 1 aromatic rings. The predicted octanol–water partition coefficient (Wildman–Crippen LogP) is 2.88. The van der Waals surface area contributed by atoms with Crippen LogP contribution in [0, 0.1) is 5.41 Å². The average molecular weight is 289 g/mol. The van der Waals surface area contributed by atoms with E-state index in [1.165, 1.54) is 0 Å². The van der Waals surface area contributed by atoms with E-state index in [2.05, 4.69) is 17.4 Å². The van der Waals surface area contributed by atoms with E-state index in [1.54, 1.807) is 0 Å². The van der Waals surface area contributed by atoms with E-state index < -0.39 is 0 Å². The topological polar surface area (TPSA) is 87.7 Å². The number of nitrogens with one attached hydrogen (secondary N) is 1. The van der Waals surface area contributed by atoms with E-state index in [0.717, 1.165) is 43.4 Å². The molecule has 0 spiro atoms. The van der Waals surface area contributed by atoms with E-state index in [1.807, 2.05) is 24.3 Å². The van der Waals surface area contributed by atoms with Crippen LogP contribution in [0.4, 0.5) is 5.69 Å². The van der Waals surface area contributed by atoms with Crippen molar-refractivity contribution in [3.63, 3.8) is 0 Å². The molecule has 0 bridgehead atoms. The molecule has 2 rings (SSSR count). The summed E-state index contributed by atoms with van der Waals surface area (Å²) in [5.41, 5.74) is 7.02. The molecular formula is C16H23N3O2. The van der Waals surface area contributed by atoms with E-state index in [4.69, 9.17) is 10.9 Å². The number of amides is 1. The molecule has 4 N–H and O–H groups in total. The van der Waals surface area contributed by atoms with Gasteiger partial charge >= 0.3 is 0 Å². The van der Waals surface area contributed by atoms with Crippen molar-refractivity contribution in [3.05, 3.63) is 29.8 Å². The number of anilines is 1. The Morgan fingerprint density at radius 1 is 1.33 bits per heavy atom. The lowest BCUT2D eigenvalue weighted by Crippen LogP contribution is -2.33. The summed E-state index contributed by atoms with van der Waals surface area (Å²) in [6.07, 6.45) is 5.53. The zero-order valence-corrected chi connectivity index (χ0v) is 12.4. The minimum absolute atomic E-state index is 0.131. The summed E-state index contributed by atoms with van der Waals surface area (Å²) >= 11 is 0. The van der Waals surface area contributed by atoms with Gasteiger partial charge in [-0.2, -0.15) is 0 Å². The van der Waals surface area contributed by atoms with Gasteiger partial charge in [0, 0.05) is 17.5 Å². The number of oxime groups is 1. The lowest BCUT2D eigenvalue weighted by molar-refractivity contribution is -0.125. The molecule has 5 heteroatoms. The Balaban J connectivity index is 2.01. The van der Waals surface area contributed by atoms with Gasteiger partial charge in [-0.05, 0) is 37.0 Å². The molecule has 0 atom stereocenters. The van der Waals surface area contributed by atoms with Crippen LogP contribution in [-0.4, -0.2) is 17.0 Å². The van der Waals surface area contributed by atoms with Crippen molar-refractivity contribution < 1.29 is 10.0 Å². The molecule has 114 valence electrons. The second-order valence-electron chi connectivity index (χ2n) is 5.76. The van der Waals surface area contributed by atoms with Gasteiger partial charge in [0.05, 0.1) is 0 Å². The quantitative estimate of drug-likeness (QED) is 0.337. The molecule has 0 saturated heterocycles. The first-order valence-corrected chi connectivity index (χ1v) is 7.46. The third kappa shape index (κ3) is 3.54. The second kappa shape index (κ2) is 6.61. The summed E-state index contributed by atoms with van der Waals surface area (Å²) in [6, 6.07) is 7.47. The summed E-state index contributed by atoms with van der Waals surface area (Å²) in [5, 5.41) is 14.5. The third-order valence-electron chi connectivity index (χ3n) is 4.44. The molecule has 0 aromatic heterocycles. The van der Waals surface area contributed by atoms with Crippen LogP contribution in [0.1, 0.15) is 44.6 Å². The van der Waals surface area contributed by atoms with Gasteiger partial charge in [-0.1, -0.05) is 37.1 Å². The summed E-state index contributed by atoms with van der Waals surface area (Å²) in [6.45, 7) is 2.09. The van der Waals surface area contributed by atoms with Crippen molar-refractivity contribution in [2.75, 3.05) is 5.32 Å². The van der Waals surface area contributed by atoms with Crippen molar-refractivity contribution in [1.82, 2.24) is 0 Å². The Morgan fingerprint density at radius 3 is 2.48 bits per heavy atom. The van der Waals surface area contributed by atoms with Crippen LogP contribution in [0.5, 0.6) is 0 Å². The van der Waals surface area contributed by atoms with E-state index in [-0.39, 0.29) is 17.2 Å². The second-order valence-corrected chi connectivity index (χ2v) is 5.76. The monoisotopic (exact) mass is 289 g/mol. The lowest BCUT2D eigenvalue weighted by Gasteiger charge is -2.26. The zero-order valence-electron chi connectivity index (χ0n) is 12.4. The van der Waals surface area contributed by atoms with Crippen LogP contribution in [0.3, 0.4) is 0 Å². The van der Waals surface area contributed by atoms with Crippen LogP contribution in [0.2, 0.25) is 0 Å². The Labute approximate surface area is 125 Å². The molecule has 1 aromatic carbocycles. The maximum Gasteiger partial charge on any atom is 0.230 e. The van der Waals surface area contributed by atoms with Gasteiger partial charge in [-0.3, -0.25) is 4.79 Å². The molecule has 1 saturated carbocycles. The lowest BCUT2D eigenvalue weighted by atomic mass is 9.82. The standard InChI is InChI=1S/C16H23N3O2/c1-2-16(9-3-4-10-16)15(20)18-13-7-5-12(6-8-13)11-14(17)19-21/h5-8,21H,2-4,9-11H2,1H3,(H2,17,19)(H,18,20). The molecule has 1 amide bonds. The molecule has 1 aliphatic rings. The first-order chi connectivity index (χ1) is 10.1. The highest BCUT2D eigenvalue weighted by Crippen LogP contribution is 2.41. The largest absolute Gasteiger partial charge is 0.409 e. The van der Waals surface area contributed by atoms with Gasteiger partial charge in [-0.25, -0.2) is 0 Å². The van der Waals surface area contributed by atoms with Crippen LogP contribution in [0.25, 0.3) is 0 Å². The van der Waals surface area contributed by atoms with Gasteiger partial charge in [0.2, 0.25) is 5.91 Å². The minimum atomic E-state index is -0.188. The molecule has 0 radical (unpaired) electrons. The van der Waals surface area contributed by atoms with Gasteiger partial charge in [0.1, 0.15) is 5.84 Å². The van der Waals surface area contributed by atoms with Crippen LogP contribution >= 0.6 is 0 Å². The van der Waals surface area contributed by atoms with Gasteiger partial charge in [0.25, 0.3) is 0 Å². The highest BCUT2D eigenvalue weighted by Gasteiger charge is 2.39. The number of nitrogens with zero attached hydrogens (tertiary/aromatic N) is 1. The van der Waals surface area contributed by atoms with Crippen LogP contribution < -0.4 is 11.1 Å². The molecular weight excluding hydrogens is 266 g/mol. The highest BCUT2D eigenvalue weighted by molar-refractivity contribution is 5.95. The van der Waals surface area contributed by atoms with Crippen molar-refractivity contribution in [1.29, 1.82) is 0 Å². The van der Waals surface area contributed by atoms with E-state index >= 15 is 0 Å². The van der Waals surface area contributed by atoms with Crippen molar-refractivity contribution in [3.8, 4) is 0 Å². The zero-order chi connectivity index (χ0) is 15.3. The van der Waals surface area contributed by atoms with E-state index in [0.29, 0.717) is 6.42 Å². The fraction of sp³-hybridized carbons (Fsp3) is 0.500. The van der Waals surface area contributed by atoms with Crippen LogP contribution in [0.15, 0.2) is 29.4 Å². The smallest absolute Gasteiger partial charge is 0.230 e. The van der Waals surface area contributed by atoms with Crippen molar-refractivity contribution >= 4 is 17.4 Å². The average Bonchev–Trinajstić information content (AvgIpc) is 2.99. The Hall–Kier alpha value is -2.04.